The molecule has 1 aromatic carbocycles. The Hall–Kier alpha value is -0.940. The smallest absolute Gasteiger partial charge is 0.419 e. The van der Waals surface area contributed by atoms with Crippen LogP contribution in [0.15, 0.2) is 18.2 Å². The molecule has 0 aliphatic carbocycles. The third-order valence-corrected chi connectivity index (χ3v) is 3.34. The van der Waals surface area contributed by atoms with E-state index in [1.807, 2.05) is 0 Å². The topological polar surface area (TPSA) is 21.3 Å². The minimum absolute atomic E-state index is 0. The Balaban J connectivity index is 0.00000180. The molecule has 0 radical (unpaired) electrons. The van der Waals surface area contributed by atoms with Crippen LogP contribution in [0.4, 0.5) is 13.2 Å². The van der Waals surface area contributed by atoms with Gasteiger partial charge in [0.1, 0.15) is 5.75 Å². The van der Waals surface area contributed by atoms with E-state index >= 15 is 0 Å². The van der Waals surface area contributed by atoms with Crippen molar-refractivity contribution in [2.45, 2.75) is 24.9 Å². The summed E-state index contributed by atoms with van der Waals surface area (Å²) in [5, 5.41) is 3.24. The van der Waals surface area contributed by atoms with E-state index < -0.39 is 11.7 Å². The lowest BCUT2D eigenvalue weighted by Gasteiger charge is -2.24. The lowest BCUT2D eigenvalue weighted by molar-refractivity contribution is -0.138. The predicted octanol–water partition coefficient (Wildman–Crippen LogP) is 3.60. The van der Waals surface area contributed by atoms with Gasteiger partial charge >= 0.3 is 6.18 Å². The van der Waals surface area contributed by atoms with E-state index in [0.717, 1.165) is 37.6 Å². The van der Waals surface area contributed by atoms with E-state index in [4.69, 9.17) is 4.74 Å². The average Bonchev–Trinajstić information content (AvgIpc) is 2.38. The van der Waals surface area contributed by atoms with E-state index in [2.05, 4.69) is 5.32 Å². The quantitative estimate of drug-likeness (QED) is 0.900. The first-order valence-corrected chi connectivity index (χ1v) is 5.98. The van der Waals surface area contributed by atoms with Crippen molar-refractivity contribution < 1.29 is 17.9 Å². The molecule has 0 spiro atoms. The number of methoxy groups -OCH3 is 1. The zero-order valence-electron chi connectivity index (χ0n) is 10.6. The lowest BCUT2D eigenvalue weighted by Crippen LogP contribution is -2.26. The SMILES string of the molecule is COc1cc(C2CCNCC2)ccc1C(F)(F)F.Cl. The van der Waals surface area contributed by atoms with Crippen molar-refractivity contribution in [1.29, 1.82) is 0 Å². The summed E-state index contributed by atoms with van der Waals surface area (Å²) in [7, 11) is 1.27. The van der Waals surface area contributed by atoms with Crippen LogP contribution in [0.5, 0.6) is 5.75 Å². The maximum absolute atomic E-state index is 12.7. The molecule has 0 aromatic heterocycles. The highest BCUT2D eigenvalue weighted by Crippen LogP contribution is 2.38. The van der Waals surface area contributed by atoms with Crippen LogP contribution in [-0.4, -0.2) is 20.2 Å². The maximum Gasteiger partial charge on any atom is 0.419 e. The number of benzene rings is 1. The molecule has 1 heterocycles. The second kappa shape index (κ2) is 6.48. The molecule has 108 valence electrons. The molecule has 1 aromatic rings. The minimum atomic E-state index is -4.36. The fourth-order valence-corrected chi connectivity index (χ4v) is 2.35. The first-order valence-electron chi connectivity index (χ1n) is 5.98. The Labute approximate surface area is 116 Å². The summed E-state index contributed by atoms with van der Waals surface area (Å²) in [5.74, 6) is 0.237. The van der Waals surface area contributed by atoms with Crippen molar-refractivity contribution >= 4 is 12.4 Å². The Morgan fingerprint density at radius 1 is 1.21 bits per heavy atom. The largest absolute Gasteiger partial charge is 0.496 e. The molecule has 6 heteroatoms. The fraction of sp³-hybridized carbons (Fsp3) is 0.538. The average molecular weight is 296 g/mol. The van der Waals surface area contributed by atoms with E-state index in [9.17, 15) is 13.2 Å². The molecular formula is C13H17ClF3NO. The van der Waals surface area contributed by atoms with E-state index in [0.29, 0.717) is 5.92 Å². The van der Waals surface area contributed by atoms with Gasteiger partial charge < -0.3 is 10.1 Å². The molecule has 1 aliphatic rings. The van der Waals surface area contributed by atoms with Crippen LogP contribution in [0.2, 0.25) is 0 Å². The van der Waals surface area contributed by atoms with Gasteiger partial charge in [0, 0.05) is 0 Å². The van der Waals surface area contributed by atoms with E-state index in [-0.39, 0.29) is 18.2 Å². The molecule has 0 atom stereocenters. The Bertz CT molecular complexity index is 417. The van der Waals surface area contributed by atoms with Gasteiger partial charge in [0.15, 0.2) is 0 Å². The third-order valence-electron chi connectivity index (χ3n) is 3.34. The lowest BCUT2D eigenvalue weighted by atomic mass is 9.89. The summed E-state index contributed by atoms with van der Waals surface area (Å²) in [6.07, 6.45) is -2.46. The summed E-state index contributed by atoms with van der Waals surface area (Å²) in [6, 6.07) is 4.22. The summed E-state index contributed by atoms with van der Waals surface area (Å²) in [4.78, 5) is 0. The Morgan fingerprint density at radius 3 is 2.37 bits per heavy atom. The Morgan fingerprint density at radius 2 is 1.84 bits per heavy atom. The number of piperidine rings is 1. The minimum Gasteiger partial charge on any atom is -0.496 e. The molecule has 0 amide bonds. The number of halogens is 4. The van der Waals surface area contributed by atoms with Crippen LogP contribution in [0.1, 0.15) is 29.9 Å². The molecule has 19 heavy (non-hydrogen) atoms. The molecular weight excluding hydrogens is 279 g/mol. The van der Waals surface area contributed by atoms with E-state index in [1.165, 1.54) is 13.2 Å². The van der Waals surface area contributed by atoms with Crippen molar-refractivity contribution in [2.24, 2.45) is 0 Å². The van der Waals surface area contributed by atoms with Gasteiger partial charge in [0.2, 0.25) is 0 Å². The zero-order valence-corrected chi connectivity index (χ0v) is 11.4. The molecule has 1 N–H and O–H groups in total. The van der Waals surface area contributed by atoms with Gasteiger partial charge in [-0.05, 0) is 49.5 Å². The standard InChI is InChI=1S/C13H16F3NO.ClH/c1-18-12-8-10(9-4-6-17-7-5-9)2-3-11(12)13(14,15)16;/h2-3,8-9,17H,4-7H2,1H3;1H. The van der Waals surface area contributed by atoms with Crippen molar-refractivity contribution in [3.63, 3.8) is 0 Å². The molecule has 1 saturated heterocycles. The van der Waals surface area contributed by atoms with Crippen molar-refractivity contribution in [1.82, 2.24) is 5.32 Å². The summed E-state index contributed by atoms with van der Waals surface area (Å²) in [6.45, 7) is 1.82. The van der Waals surface area contributed by atoms with Crippen LogP contribution in [0, 0.1) is 0 Å². The molecule has 2 rings (SSSR count). The molecule has 1 fully saturated rings. The first-order chi connectivity index (χ1) is 8.52. The van der Waals surface area contributed by atoms with Crippen LogP contribution in [-0.2, 0) is 6.18 Å². The highest BCUT2D eigenvalue weighted by molar-refractivity contribution is 5.85. The number of nitrogens with one attached hydrogen (secondary N) is 1. The number of rotatable bonds is 2. The maximum atomic E-state index is 12.7. The molecule has 2 nitrogen and oxygen atoms in total. The van der Waals surface area contributed by atoms with Gasteiger partial charge in [-0.3, -0.25) is 0 Å². The van der Waals surface area contributed by atoms with Crippen LogP contribution in [0.25, 0.3) is 0 Å². The summed E-state index contributed by atoms with van der Waals surface area (Å²) >= 11 is 0. The normalized spacial score (nSPS) is 16.8. The highest BCUT2D eigenvalue weighted by Gasteiger charge is 2.34. The van der Waals surface area contributed by atoms with Crippen molar-refractivity contribution in [3.8, 4) is 5.75 Å². The van der Waals surface area contributed by atoms with Gasteiger partial charge in [0.25, 0.3) is 0 Å². The number of hydrogen-bond acceptors (Lipinski definition) is 2. The first kappa shape index (κ1) is 16.1. The van der Waals surface area contributed by atoms with Gasteiger partial charge in [-0.1, -0.05) is 6.07 Å². The third kappa shape index (κ3) is 3.76. The van der Waals surface area contributed by atoms with Gasteiger partial charge in [-0.2, -0.15) is 13.2 Å². The number of hydrogen-bond donors (Lipinski definition) is 1. The van der Waals surface area contributed by atoms with Gasteiger partial charge in [-0.15, -0.1) is 12.4 Å². The van der Waals surface area contributed by atoms with Crippen LogP contribution in [0.3, 0.4) is 0 Å². The number of ether oxygens (including phenoxy) is 1. The zero-order chi connectivity index (χ0) is 13.2. The van der Waals surface area contributed by atoms with Crippen LogP contribution < -0.4 is 10.1 Å². The summed E-state index contributed by atoms with van der Waals surface area (Å²) in [5.41, 5.74) is 0.226. The molecule has 0 saturated carbocycles. The van der Waals surface area contributed by atoms with Crippen molar-refractivity contribution in [2.75, 3.05) is 20.2 Å². The monoisotopic (exact) mass is 295 g/mol. The molecule has 0 unspecified atom stereocenters. The van der Waals surface area contributed by atoms with Gasteiger partial charge in [-0.25, -0.2) is 0 Å². The fourth-order valence-electron chi connectivity index (χ4n) is 2.35. The summed E-state index contributed by atoms with van der Waals surface area (Å²) < 4.78 is 43.0. The highest BCUT2D eigenvalue weighted by atomic mass is 35.5. The second-order valence-corrected chi connectivity index (χ2v) is 4.48. The Kier molecular flexibility index (Phi) is 5.50. The van der Waals surface area contributed by atoms with Gasteiger partial charge in [0.05, 0.1) is 12.7 Å². The van der Waals surface area contributed by atoms with E-state index in [1.54, 1.807) is 6.07 Å². The predicted molar refractivity (Wildman–Crippen MR) is 70.1 cm³/mol. The molecule has 0 bridgehead atoms. The van der Waals surface area contributed by atoms with Crippen LogP contribution >= 0.6 is 12.4 Å². The molecule has 1 aliphatic heterocycles. The van der Waals surface area contributed by atoms with Crippen molar-refractivity contribution in [3.05, 3.63) is 29.3 Å². The number of alkyl halides is 3. The second-order valence-electron chi connectivity index (χ2n) is 4.48.